The Balaban J connectivity index is 1.59. The fraction of sp³-hybridized carbons (Fsp3) is 0.901. The number of allylic oxidation sites excluding steroid dienone is 3. The largest absolute Gasteiger partial charge is 0.477 e. The van der Waals surface area contributed by atoms with Gasteiger partial charge in [0.1, 0.15) is 67.1 Å². The van der Waals surface area contributed by atoms with E-state index >= 15 is 0 Å². The number of carbonyl (C=O) groups excluding carboxylic acids is 2. The van der Waals surface area contributed by atoms with Crippen LogP contribution in [0.2, 0.25) is 0 Å². The van der Waals surface area contributed by atoms with Crippen LogP contribution in [0.25, 0.3) is 0 Å². The smallest absolute Gasteiger partial charge is 0.364 e. The zero-order chi connectivity index (χ0) is 68.9. The minimum Gasteiger partial charge on any atom is -0.477 e. The van der Waals surface area contributed by atoms with Crippen molar-refractivity contribution < 1.29 is 104 Å². The maximum absolute atomic E-state index is 13.5. The molecule has 3 fully saturated rings. The van der Waals surface area contributed by atoms with E-state index in [0.717, 1.165) is 77.6 Å². The predicted octanol–water partition coefficient (Wildman–Crippen LogP) is 7.62. The van der Waals surface area contributed by atoms with Gasteiger partial charge in [0, 0.05) is 19.8 Å². The first kappa shape index (κ1) is 85.4. The van der Waals surface area contributed by atoms with Crippen LogP contribution in [0.5, 0.6) is 0 Å². The Kier molecular flexibility index (Phi) is 46.7. The van der Waals surface area contributed by atoms with E-state index in [9.17, 15) is 75.7 Å². The molecule has 3 heterocycles. The van der Waals surface area contributed by atoms with Crippen molar-refractivity contribution in [2.24, 2.45) is 0 Å². The van der Waals surface area contributed by atoms with Gasteiger partial charge in [-0.15, -0.1) is 0 Å². The van der Waals surface area contributed by atoms with E-state index in [1.165, 1.54) is 154 Å². The first-order valence-corrected chi connectivity index (χ1v) is 36.7. The number of aliphatic hydroxyl groups is 11. The van der Waals surface area contributed by atoms with Gasteiger partial charge in [-0.1, -0.05) is 231 Å². The van der Waals surface area contributed by atoms with Crippen molar-refractivity contribution in [2.45, 2.75) is 381 Å². The highest BCUT2D eigenvalue weighted by atomic mass is 16.8. The Morgan fingerprint density at radius 1 is 0.553 bits per heavy atom. The molecule has 0 aromatic rings. The lowest BCUT2D eigenvalue weighted by Gasteiger charge is -2.50. The third-order valence-electron chi connectivity index (χ3n) is 18.6. The van der Waals surface area contributed by atoms with E-state index in [0.29, 0.717) is 12.8 Å². The highest BCUT2D eigenvalue weighted by Crippen LogP contribution is 2.39. The average molecular weight is 1350 g/mol. The summed E-state index contributed by atoms with van der Waals surface area (Å²) in [6, 6.07) is -2.62. The number of carboxylic acid groups (broad SMARTS) is 1. The van der Waals surface area contributed by atoms with Gasteiger partial charge in [0.2, 0.25) is 11.8 Å². The minimum atomic E-state index is -3.08. The summed E-state index contributed by atoms with van der Waals surface area (Å²) >= 11 is 0. The van der Waals surface area contributed by atoms with Crippen LogP contribution in [0, 0.1) is 0 Å². The van der Waals surface area contributed by atoms with Crippen LogP contribution in [0.15, 0.2) is 24.3 Å². The zero-order valence-corrected chi connectivity index (χ0v) is 57.6. The Labute approximate surface area is 562 Å². The number of nitrogens with one attached hydrogen (secondary N) is 2. The SMILES string of the molecule is CCCCCCCCCCC/C=C\CCCCCCCCCC(=O)NC(COC1OC(CO)C(OC2OC(CO)C(O)C(OC3(C(=O)O)CC(O)C(NC(C)=O)C(C(O)C(O)CO)O3)C2O)C(O)C1O)C(O)/C=C/CCCCCCCCCCCCCCCCCCCC. The molecule has 0 spiro atoms. The summed E-state index contributed by atoms with van der Waals surface area (Å²) in [5, 5.41) is 136. The lowest BCUT2D eigenvalue weighted by molar-refractivity contribution is -0.386. The van der Waals surface area contributed by atoms with Gasteiger partial charge >= 0.3 is 5.97 Å². The highest BCUT2D eigenvalue weighted by molar-refractivity contribution is 5.77. The van der Waals surface area contributed by atoms with Crippen LogP contribution in [0.3, 0.4) is 0 Å². The summed E-state index contributed by atoms with van der Waals surface area (Å²) < 4.78 is 34.8. The van der Waals surface area contributed by atoms with Crippen molar-refractivity contribution in [3.8, 4) is 0 Å². The topological polar surface area (TPSA) is 373 Å². The molecule has 3 saturated heterocycles. The molecule has 0 radical (unpaired) electrons. The lowest BCUT2D eigenvalue weighted by atomic mass is 9.88. The summed E-state index contributed by atoms with van der Waals surface area (Å²) in [5.41, 5.74) is 0. The normalized spacial score (nSPS) is 28.0. The number of hydrogen-bond donors (Lipinski definition) is 14. The molecular formula is C71H130N2O21. The average Bonchev–Trinajstić information content (AvgIpc) is 0.762. The summed E-state index contributed by atoms with van der Waals surface area (Å²) in [6.45, 7) is 2.16. The molecule has 0 aromatic carbocycles. The van der Waals surface area contributed by atoms with Gasteiger partial charge in [0.15, 0.2) is 12.6 Å². The van der Waals surface area contributed by atoms with E-state index < -0.39 is 155 Å². The molecule has 23 heteroatoms. The van der Waals surface area contributed by atoms with Crippen LogP contribution >= 0.6 is 0 Å². The van der Waals surface area contributed by atoms with Gasteiger partial charge in [0.25, 0.3) is 5.79 Å². The summed E-state index contributed by atoms with van der Waals surface area (Å²) in [6.07, 6.45) is 23.5. The zero-order valence-electron chi connectivity index (χ0n) is 57.6. The first-order valence-electron chi connectivity index (χ1n) is 36.7. The van der Waals surface area contributed by atoms with Crippen molar-refractivity contribution >= 4 is 17.8 Å². The summed E-state index contributed by atoms with van der Waals surface area (Å²) in [4.78, 5) is 38.6. The second-order valence-corrected chi connectivity index (χ2v) is 26.8. The quantitative estimate of drug-likeness (QED) is 0.0205. The molecule has 14 N–H and O–H groups in total. The van der Waals surface area contributed by atoms with Gasteiger partial charge in [-0.3, -0.25) is 9.59 Å². The summed E-state index contributed by atoms with van der Waals surface area (Å²) in [5.74, 6) is -6.14. The maximum atomic E-state index is 13.5. The second kappa shape index (κ2) is 51.4. The van der Waals surface area contributed by atoms with Gasteiger partial charge in [-0.05, 0) is 44.9 Å². The number of rotatable bonds is 56. The molecule has 18 atom stereocenters. The monoisotopic (exact) mass is 1350 g/mol. The van der Waals surface area contributed by atoms with Crippen molar-refractivity contribution in [3.05, 3.63) is 24.3 Å². The molecule has 3 rings (SSSR count). The number of amides is 2. The van der Waals surface area contributed by atoms with Crippen LogP contribution in [0.4, 0.5) is 0 Å². The lowest BCUT2D eigenvalue weighted by Crippen LogP contribution is -2.70. The van der Waals surface area contributed by atoms with Crippen molar-refractivity contribution in [3.63, 3.8) is 0 Å². The molecule has 94 heavy (non-hydrogen) atoms. The van der Waals surface area contributed by atoms with Crippen LogP contribution in [-0.2, 0) is 42.8 Å². The fourth-order valence-corrected chi connectivity index (χ4v) is 12.8. The Morgan fingerprint density at radius 3 is 1.45 bits per heavy atom. The van der Waals surface area contributed by atoms with E-state index in [1.807, 2.05) is 6.08 Å². The Morgan fingerprint density at radius 2 is 1.00 bits per heavy atom. The molecule has 0 aliphatic carbocycles. The Hall–Kier alpha value is -2.79. The van der Waals surface area contributed by atoms with Gasteiger partial charge < -0.3 is 100 Å². The third-order valence-corrected chi connectivity index (χ3v) is 18.6. The molecule has 23 nitrogen and oxygen atoms in total. The van der Waals surface area contributed by atoms with Gasteiger partial charge in [-0.2, -0.15) is 0 Å². The maximum Gasteiger partial charge on any atom is 0.364 e. The van der Waals surface area contributed by atoms with E-state index in [4.69, 9.17) is 28.4 Å². The number of aliphatic hydroxyl groups excluding tert-OH is 11. The molecule has 3 aliphatic rings. The van der Waals surface area contributed by atoms with Crippen LogP contribution < -0.4 is 10.6 Å². The molecule has 18 unspecified atom stereocenters. The number of unbranched alkanes of at least 4 members (excludes halogenated alkanes) is 34. The van der Waals surface area contributed by atoms with Crippen LogP contribution in [-0.4, -0.2) is 215 Å². The third kappa shape index (κ3) is 32.9. The number of aliphatic carboxylic acids is 1. The molecular weight excluding hydrogens is 1220 g/mol. The molecule has 2 amide bonds. The van der Waals surface area contributed by atoms with E-state index in [1.54, 1.807) is 6.08 Å². The fourth-order valence-electron chi connectivity index (χ4n) is 12.8. The highest BCUT2D eigenvalue weighted by Gasteiger charge is 2.60. The first-order chi connectivity index (χ1) is 45.4. The number of hydrogen-bond acceptors (Lipinski definition) is 20. The van der Waals surface area contributed by atoms with Crippen LogP contribution in [0.1, 0.15) is 271 Å². The molecule has 0 bridgehead atoms. The predicted molar refractivity (Wildman–Crippen MR) is 357 cm³/mol. The minimum absolute atomic E-state index is 0.196. The molecule has 550 valence electrons. The van der Waals surface area contributed by atoms with Crippen molar-refractivity contribution in [1.82, 2.24) is 10.6 Å². The van der Waals surface area contributed by atoms with E-state index in [2.05, 4.69) is 36.6 Å². The van der Waals surface area contributed by atoms with Crippen molar-refractivity contribution in [1.29, 1.82) is 0 Å². The van der Waals surface area contributed by atoms with E-state index in [-0.39, 0.29) is 12.3 Å². The molecule has 3 aliphatic heterocycles. The number of carbonyl (C=O) groups is 3. The van der Waals surface area contributed by atoms with Crippen molar-refractivity contribution in [2.75, 3.05) is 26.4 Å². The number of ether oxygens (including phenoxy) is 6. The number of carboxylic acids is 1. The molecule has 0 aromatic heterocycles. The van der Waals surface area contributed by atoms with Gasteiger partial charge in [-0.25, -0.2) is 4.79 Å². The molecule has 0 saturated carbocycles. The second-order valence-electron chi connectivity index (χ2n) is 26.8. The standard InChI is InChI=1S/C71H130N2O21/c1-4-6-8-10-12-14-16-18-20-22-24-26-28-30-32-34-36-38-40-42-44-53(78)52(73-58(81)45-43-41-39-37-35-33-31-29-27-25-23-21-19-17-15-13-11-9-7-5-2)50-89-68-63(85)62(84)65(57(49-76)91-68)92-69-64(86)67(61(83)56(48-75)90-69)94-71(70(87)88)46-54(79)59(72-51(3)77)66(93-71)60(82)55(80)47-74/h25,27,42,44,52-57,59-69,74-76,78-80,82-86H,4-24,26,28-41,43,45-50H2,1-3H3,(H,72,77)(H,73,81)(H,87,88)/b27-25-,44-42+. The van der Waals surface area contributed by atoms with Gasteiger partial charge in [0.05, 0.1) is 50.7 Å². The Bertz CT molecular complexity index is 1990. The summed E-state index contributed by atoms with van der Waals surface area (Å²) in [7, 11) is 0.